The summed E-state index contributed by atoms with van der Waals surface area (Å²) in [6.45, 7) is -1.47. The Labute approximate surface area is 147 Å². The average molecular weight is 360 g/mol. The van der Waals surface area contributed by atoms with Crippen molar-refractivity contribution in [2.24, 2.45) is 0 Å². The molecule has 0 atom stereocenters. The van der Waals surface area contributed by atoms with Gasteiger partial charge in [0.1, 0.15) is 6.61 Å². The van der Waals surface area contributed by atoms with Gasteiger partial charge in [-0.25, -0.2) is 0 Å². The SMILES string of the molecule is O=C(Nc1cccc2cccnc12)c1ccc(COCC(F)(F)F)cc1. The van der Waals surface area contributed by atoms with E-state index in [1.54, 1.807) is 36.5 Å². The highest BCUT2D eigenvalue weighted by molar-refractivity contribution is 6.08. The molecular weight excluding hydrogens is 345 g/mol. The second-order valence-corrected chi connectivity index (χ2v) is 5.64. The fraction of sp³-hybridized carbons (Fsp3) is 0.158. The van der Waals surface area contributed by atoms with Crippen LogP contribution in [0, 0.1) is 0 Å². The maximum absolute atomic E-state index is 12.4. The van der Waals surface area contributed by atoms with E-state index < -0.39 is 12.8 Å². The van der Waals surface area contributed by atoms with E-state index >= 15 is 0 Å². The van der Waals surface area contributed by atoms with E-state index in [4.69, 9.17) is 0 Å². The molecule has 134 valence electrons. The van der Waals surface area contributed by atoms with Gasteiger partial charge in [-0.15, -0.1) is 0 Å². The number of rotatable bonds is 5. The number of benzene rings is 2. The van der Waals surface area contributed by atoms with Gasteiger partial charge in [-0.05, 0) is 29.8 Å². The molecule has 0 bridgehead atoms. The number of nitrogens with one attached hydrogen (secondary N) is 1. The first-order chi connectivity index (χ1) is 12.4. The zero-order chi connectivity index (χ0) is 18.6. The van der Waals surface area contributed by atoms with Gasteiger partial charge in [0, 0.05) is 17.1 Å². The van der Waals surface area contributed by atoms with Crippen molar-refractivity contribution in [3.63, 3.8) is 0 Å². The number of nitrogens with zero attached hydrogens (tertiary/aromatic N) is 1. The third-order valence-electron chi connectivity index (χ3n) is 3.63. The molecule has 0 aliphatic rings. The average Bonchev–Trinajstić information content (AvgIpc) is 2.61. The lowest BCUT2D eigenvalue weighted by Crippen LogP contribution is -2.16. The number of para-hydroxylation sites is 1. The molecule has 1 heterocycles. The predicted octanol–water partition coefficient (Wildman–Crippen LogP) is 4.57. The predicted molar refractivity (Wildman–Crippen MR) is 91.8 cm³/mol. The van der Waals surface area contributed by atoms with Crippen LogP contribution in [0.15, 0.2) is 60.8 Å². The summed E-state index contributed by atoms with van der Waals surface area (Å²) in [5.74, 6) is -0.328. The first kappa shape index (κ1) is 17.9. The van der Waals surface area contributed by atoms with Gasteiger partial charge in [-0.3, -0.25) is 9.78 Å². The Bertz CT molecular complexity index is 903. The van der Waals surface area contributed by atoms with Crippen LogP contribution in [0.1, 0.15) is 15.9 Å². The highest BCUT2D eigenvalue weighted by atomic mass is 19.4. The number of pyridine rings is 1. The number of anilines is 1. The van der Waals surface area contributed by atoms with Gasteiger partial charge in [-0.1, -0.05) is 30.3 Å². The van der Waals surface area contributed by atoms with E-state index in [1.807, 2.05) is 24.3 Å². The Balaban J connectivity index is 1.66. The Morgan fingerprint density at radius 1 is 1.04 bits per heavy atom. The minimum absolute atomic E-state index is 0.172. The fourth-order valence-corrected chi connectivity index (χ4v) is 2.44. The molecule has 0 aliphatic heterocycles. The van der Waals surface area contributed by atoms with E-state index in [0.29, 0.717) is 22.3 Å². The molecule has 3 aromatic rings. The molecule has 1 aromatic heterocycles. The Hall–Kier alpha value is -2.93. The van der Waals surface area contributed by atoms with E-state index in [9.17, 15) is 18.0 Å². The van der Waals surface area contributed by atoms with Crippen LogP contribution in [0.25, 0.3) is 10.9 Å². The molecule has 0 unspecified atom stereocenters. The fourth-order valence-electron chi connectivity index (χ4n) is 2.44. The van der Waals surface area contributed by atoms with Crippen LogP contribution in [-0.4, -0.2) is 23.7 Å². The van der Waals surface area contributed by atoms with E-state index in [0.717, 1.165) is 5.39 Å². The van der Waals surface area contributed by atoms with Crippen molar-refractivity contribution in [3.05, 3.63) is 71.9 Å². The molecule has 0 saturated carbocycles. The summed E-state index contributed by atoms with van der Waals surface area (Å²) in [5.41, 5.74) is 2.21. The van der Waals surface area contributed by atoms with Gasteiger partial charge in [0.05, 0.1) is 17.8 Å². The molecule has 26 heavy (non-hydrogen) atoms. The molecule has 1 amide bonds. The van der Waals surface area contributed by atoms with Gasteiger partial charge in [0.15, 0.2) is 0 Å². The van der Waals surface area contributed by atoms with Crippen molar-refractivity contribution in [3.8, 4) is 0 Å². The lowest BCUT2D eigenvalue weighted by molar-refractivity contribution is -0.176. The summed E-state index contributed by atoms with van der Waals surface area (Å²) in [6.07, 6.45) is -2.71. The third kappa shape index (κ3) is 4.58. The summed E-state index contributed by atoms with van der Waals surface area (Å²) in [4.78, 5) is 16.7. The number of halogens is 3. The second-order valence-electron chi connectivity index (χ2n) is 5.64. The second kappa shape index (κ2) is 7.53. The number of carbonyl (C=O) groups is 1. The molecule has 0 radical (unpaired) electrons. The van der Waals surface area contributed by atoms with Gasteiger partial charge in [0.2, 0.25) is 0 Å². The van der Waals surface area contributed by atoms with Crippen LogP contribution in [0.4, 0.5) is 18.9 Å². The first-order valence-electron chi connectivity index (χ1n) is 7.81. The number of hydrogen-bond acceptors (Lipinski definition) is 3. The maximum Gasteiger partial charge on any atom is 0.411 e. The zero-order valence-corrected chi connectivity index (χ0v) is 13.6. The minimum atomic E-state index is -4.35. The topological polar surface area (TPSA) is 51.2 Å². The van der Waals surface area contributed by atoms with Crippen LogP contribution in [0.3, 0.4) is 0 Å². The Morgan fingerprint density at radius 3 is 2.50 bits per heavy atom. The molecule has 3 rings (SSSR count). The highest BCUT2D eigenvalue weighted by Gasteiger charge is 2.27. The summed E-state index contributed by atoms with van der Waals surface area (Å²) in [7, 11) is 0. The van der Waals surface area contributed by atoms with Crippen molar-refractivity contribution in [2.45, 2.75) is 12.8 Å². The summed E-state index contributed by atoms with van der Waals surface area (Å²) < 4.78 is 40.8. The Morgan fingerprint density at radius 2 is 1.77 bits per heavy atom. The number of ether oxygens (including phenoxy) is 1. The molecular formula is C19H15F3N2O2. The molecule has 0 fully saturated rings. The molecule has 0 saturated heterocycles. The zero-order valence-electron chi connectivity index (χ0n) is 13.6. The number of fused-ring (bicyclic) bond motifs is 1. The summed E-state index contributed by atoms with van der Waals surface area (Å²) >= 11 is 0. The van der Waals surface area contributed by atoms with E-state index in [2.05, 4.69) is 15.0 Å². The van der Waals surface area contributed by atoms with Crippen LogP contribution in [-0.2, 0) is 11.3 Å². The van der Waals surface area contributed by atoms with Crippen LogP contribution in [0.2, 0.25) is 0 Å². The molecule has 7 heteroatoms. The van der Waals surface area contributed by atoms with Gasteiger partial charge < -0.3 is 10.1 Å². The first-order valence-corrected chi connectivity index (χ1v) is 7.81. The van der Waals surface area contributed by atoms with Crippen LogP contribution < -0.4 is 5.32 Å². The van der Waals surface area contributed by atoms with Gasteiger partial charge in [-0.2, -0.15) is 13.2 Å². The molecule has 1 N–H and O–H groups in total. The van der Waals surface area contributed by atoms with Gasteiger partial charge >= 0.3 is 6.18 Å². The molecule has 0 spiro atoms. The maximum atomic E-state index is 12.4. The van der Waals surface area contributed by atoms with Gasteiger partial charge in [0.25, 0.3) is 5.91 Å². The van der Waals surface area contributed by atoms with Crippen LogP contribution >= 0.6 is 0 Å². The quantitative estimate of drug-likeness (QED) is 0.725. The third-order valence-corrected chi connectivity index (χ3v) is 3.63. The van der Waals surface area contributed by atoms with Crippen LogP contribution in [0.5, 0.6) is 0 Å². The largest absolute Gasteiger partial charge is 0.411 e. The lowest BCUT2D eigenvalue weighted by Gasteiger charge is -2.09. The normalized spacial score (nSPS) is 11.5. The summed E-state index contributed by atoms with van der Waals surface area (Å²) in [5, 5.41) is 3.71. The molecule has 2 aromatic carbocycles. The highest BCUT2D eigenvalue weighted by Crippen LogP contribution is 2.21. The van der Waals surface area contributed by atoms with E-state index in [-0.39, 0.29) is 12.5 Å². The van der Waals surface area contributed by atoms with Crippen molar-refractivity contribution in [1.29, 1.82) is 0 Å². The number of hydrogen-bond donors (Lipinski definition) is 1. The summed E-state index contributed by atoms with van der Waals surface area (Å²) in [6, 6.07) is 15.4. The minimum Gasteiger partial charge on any atom is -0.367 e. The van der Waals surface area contributed by atoms with Crippen molar-refractivity contribution in [2.75, 3.05) is 11.9 Å². The lowest BCUT2D eigenvalue weighted by atomic mass is 10.1. The number of alkyl halides is 3. The number of carbonyl (C=O) groups excluding carboxylic acids is 1. The number of aromatic nitrogens is 1. The van der Waals surface area contributed by atoms with Crippen molar-refractivity contribution < 1.29 is 22.7 Å². The number of amides is 1. The molecule has 4 nitrogen and oxygen atoms in total. The Kier molecular flexibility index (Phi) is 5.18. The monoisotopic (exact) mass is 360 g/mol. The van der Waals surface area contributed by atoms with E-state index in [1.165, 1.54) is 0 Å². The molecule has 0 aliphatic carbocycles. The van der Waals surface area contributed by atoms with Crippen molar-refractivity contribution in [1.82, 2.24) is 4.98 Å². The smallest absolute Gasteiger partial charge is 0.367 e. The standard InChI is InChI=1S/C19H15F3N2O2/c20-19(21,22)12-26-11-13-6-8-15(9-7-13)18(25)24-16-5-1-3-14-4-2-10-23-17(14)16/h1-10H,11-12H2,(H,24,25). The van der Waals surface area contributed by atoms with Crippen molar-refractivity contribution >= 4 is 22.5 Å².